The minimum atomic E-state index is -0.0679. The van der Waals surface area contributed by atoms with Gasteiger partial charge >= 0.3 is 0 Å². The van der Waals surface area contributed by atoms with E-state index in [0.29, 0.717) is 42.3 Å². The average Bonchev–Trinajstić information content (AvgIpc) is 2.75. The lowest BCUT2D eigenvalue weighted by molar-refractivity contribution is 0.0697. The quantitative estimate of drug-likeness (QED) is 0.834. The Balaban J connectivity index is 1.57. The van der Waals surface area contributed by atoms with E-state index in [-0.39, 0.29) is 17.9 Å². The molecule has 148 valence electrons. The summed E-state index contributed by atoms with van der Waals surface area (Å²) >= 11 is 0. The summed E-state index contributed by atoms with van der Waals surface area (Å²) in [7, 11) is 1.56. The molecular weight excluding hydrogens is 356 g/mol. The van der Waals surface area contributed by atoms with Gasteiger partial charge in [0, 0.05) is 30.3 Å². The Morgan fingerprint density at radius 3 is 2.39 bits per heavy atom. The highest BCUT2D eigenvalue weighted by Crippen LogP contribution is 2.29. The van der Waals surface area contributed by atoms with Crippen molar-refractivity contribution in [1.29, 1.82) is 0 Å². The number of nitrogens with one attached hydrogen (secondary N) is 1. The van der Waals surface area contributed by atoms with E-state index >= 15 is 0 Å². The molecule has 0 bridgehead atoms. The van der Waals surface area contributed by atoms with Crippen molar-refractivity contribution in [3.8, 4) is 11.5 Å². The zero-order valence-electron chi connectivity index (χ0n) is 16.3. The van der Waals surface area contributed by atoms with E-state index in [0.717, 1.165) is 12.8 Å². The first-order valence-corrected chi connectivity index (χ1v) is 9.58. The first kappa shape index (κ1) is 19.7. The van der Waals surface area contributed by atoms with Gasteiger partial charge in [0.2, 0.25) is 0 Å². The lowest BCUT2D eigenvalue weighted by Crippen LogP contribution is -2.46. The molecule has 1 N–H and O–H groups in total. The molecule has 0 aromatic heterocycles. The number of hydrogen-bond donors (Lipinski definition) is 1. The van der Waals surface area contributed by atoms with E-state index in [2.05, 4.69) is 5.32 Å². The molecule has 0 radical (unpaired) electrons. The maximum Gasteiger partial charge on any atom is 0.253 e. The molecule has 2 aromatic carbocycles. The van der Waals surface area contributed by atoms with Gasteiger partial charge in [-0.25, -0.2) is 0 Å². The first-order valence-electron chi connectivity index (χ1n) is 9.58. The summed E-state index contributed by atoms with van der Waals surface area (Å²) in [5.41, 5.74) is 1.23. The zero-order valence-corrected chi connectivity index (χ0v) is 16.3. The van der Waals surface area contributed by atoms with Crippen LogP contribution >= 0.6 is 0 Å². The van der Waals surface area contributed by atoms with Crippen molar-refractivity contribution < 1.29 is 19.1 Å². The normalized spacial score (nSPS) is 14.4. The van der Waals surface area contributed by atoms with Gasteiger partial charge < -0.3 is 19.7 Å². The summed E-state index contributed by atoms with van der Waals surface area (Å²) in [6.07, 6.45) is 1.47. The van der Waals surface area contributed by atoms with Crippen molar-refractivity contribution in [3.63, 3.8) is 0 Å². The van der Waals surface area contributed by atoms with Gasteiger partial charge in [0.05, 0.1) is 13.7 Å². The summed E-state index contributed by atoms with van der Waals surface area (Å²) in [6.45, 7) is 3.65. The van der Waals surface area contributed by atoms with Gasteiger partial charge in [-0.1, -0.05) is 18.2 Å². The van der Waals surface area contributed by atoms with E-state index in [9.17, 15) is 9.59 Å². The number of ether oxygens (including phenoxy) is 2. The highest BCUT2D eigenvalue weighted by atomic mass is 16.5. The highest BCUT2D eigenvalue weighted by molar-refractivity contribution is 5.95. The molecule has 6 heteroatoms. The molecule has 1 fully saturated rings. The summed E-state index contributed by atoms with van der Waals surface area (Å²) in [6, 6.07) is 14.5. The molecule has 0 atom stereocenters. The van der Waals surface area contributed by atoms with Crippen LogP contribution in [0.15, 0.2) is 48.5 Å². The number of methoxy groups -OCH3 is 1. The van der Waals surface area contributed by atoms with Crippen LogP contribution in [0.3, 0.4) is 0 Å². The second kappa shape index (κ2) is 9.26. The number of piperidine rings is 1. The molecule has 28 heavy (non-hydrogen) atoms. The fourth-order valence-corrected chi connectivity index (χ4v) is 3.34. The Morgan fingerprint density at radius 2 is 1.75 bits per heavy atom. The Hall–Kier alpha value is -3.02. The third-order valence-corrected chi connectivity index (χ3v) is 4.86. The number of benzene rings is 2. The number of rotatable bonds is 6. The van der Waals surface area contributed by atoms with E-state index in [1.807, 2.05) is 30.0 Å². The van der Waals surface area contributed by atoms with Gasteiger partial charge in [-0.2, -0.15) is 0 Å². The van der Waals surface area contributed by atoms with Crippen LogP contribution in [0.1, 0.15) is 40.5 Å². The fraction of sp³-hybridized carbons (Fsp3) is 0.364. The van der Waals surface area contributed by atoms with Crippen LogP contribution in [0.2, 0.25) is 0 Å². The lowest BCUT2D eigenvalue weighted by atomic mass is 10.0. The minimum absolute atomic E-state index is 0.0332. The zero-order chi connectivity index (χ0) is 19.9. The number of carbonyl (C=O) groups is 2. The largest absolute Gasteiger partial charge is 0.493 e. The molecule has 1 heterocycles. The highest BCUT2D eigenvalue weighted by Gasteiger charge is 2.25. The van der Waals surface area contributed by atoms with Gasteiger partial charge in [-0.15, -0.1) is 0 Å². The third kappa shape index (κ3) is 4.63. The van der Waals surface area contributed by atoms with Crippen molar-refractivity contribution in [2.45, 2.75) is 25.8 Å². The van der Waals surface area contributed by atoms with E-state index in [4.69, 9.17) is 9.47 Å². The van der Waals surface area contributed by atoms with E-state index in [1.54, 1.807) is 37.4 Å². The van der Waals surface area contributed by atoms with Gasteiger partial charge in [0.1, 0.15) is 0 Å². The topological polar surface area (TPSA) is 67.9 Å². The molecule has 0 spiro atoms. The smallest absolute Gasteiger partial charge is 0.253 e. The Bertz CT molecular complexity index is 815. The van der Waals surface area contributed by atoms with Crippen LogP contribution in [0.5, 0.6) is 11.5 Å². The van der Waals surface area contributed by atoms with Crippen LogP contribution in [0.4, 0.5) is 0 Å². The predicted octanol–water partition coefficient (Wildman–Crippen LogP) is 3.13. The Kier molecular flexibility index (Phi) is 6.53. The summed E-state index contributed by atoms with van der Waals surface area (Å²) in [5.74, 6) is 1.08. The van der Waals surface area contributed by atoms with Crippen molar-refractivity contribution >= 4 is 11.8 Å². The summed E-state index contributed by atoms with van der Waals surface area (Å²) in [5, 5.41) is 3.06. The minimum Gasteiger partial charge on any atom is -0.493 e. The Labute approximate surface area is 165 Å². The molecule has 0 aliphatic carbocycles. The van der Waals surface area contributed by atoms with E-state index < -0.39 is 0 Å². The summed E-state index contributed by atoms with van der Waals surface area (Å²) in [4.78, 5) is 26.9. The second-order valence-electron chi connectivity index (χ2n) is 6.70. The molecular formula is C22H26N2O4. The maximum atomic E-state index is 12.8. The molecule has 2 amide bonds. The molecule has 3 rings (SSSR count). The SMILES string of the molecule is CCOc1ccc(C(=O)N2CCC(NC(=O)c3ccccc3)CC2)cc1OC. The van der Waals surface area contributed by atoms with Crippen molar-refractivity contribution in [1.82, 2.24) is 10.2 Å². The third-order valence-electron chi connectivity index (χ3n) is 4.86. The van der Waals surface area contributed by atoms with Crippen LogP contribution in [-0.2, 0) is 0 Å². The monoisotopic (exact) mass is 382 g/mol. The lowest BCUT2D eigenvalue weighted by Gasteiger charge is -2.32. The van der Waals surface area contributed by atoms with Crippen molar-refractivity contribution in [3.05, 3.63) is 59.7 Å². The van der Waals surface area contributed by atoms with Gasteiger partial charge in [-0.3, -0.25) is 9.59 Å². The van der Waals surface area contributed by atoms with Gasteiger partial charge in [-0.05, 0) is 50.1 Å². The number of nitrogens with zero attached hydrogens (tertiary/aromatic N) is 1. The molecule has 6 nitrogen and oxygen atoms in total. The Morgan fingerprint density at radius 1 is 1.04 bits per heavy atom. The average molecular weight is 382 g/mol. The standard InChI is InChI=1S/C22H26N2O4/c1-3-28-19-10-9-17(15-20(19)27-2)22(26)24-13-11-18(12-14-24)23-21(25)16-7-5-4-6-8-16/h4-10,15,18H,3,11-14H2,1-2H3,(H,23,25). The van der Waals surface area contributed by atoms with E-state index in [1.165, 1.54) is 0 Å². The van der Waals surface area contributed by atoms with Crippen molar-refractivity contribution in [2.24, 2.45) is 0 Å². The molecule has 1 aliphatic heterocycles. The molecule has 0 saturated carbocycles. The predicted molar refractivity (Wildman–Crippen MR) is 107 cm³/mol. The van der Waals surface area contributed by atoms with Gasteiger partial charge in [0.15, 0.2) is 11.5 Å². The van der Waals surface area contributed by atoms with Crippen LogP contribution in [0.25, 0.3) is 0 Å². The number of hydrogen-bond acceptors (Lipinski definition) is 4. The second-order valence-corrected chi connectivity index (χ2v) is 6.70. The molecule has 2 aromatic rings. The first-order chi connectivity index (χ1) is 13.6. The molecule has 1 saturated heterocycles. The summed E-state index contributed by atoms with van der Waals surface area (Å²) < 4.78 is 10.8. The number of likely N-dealkylation sites (tertiary alicyclic amines) is 1. The fourth-order valence-electron chi connectivity index (χ4n) is 3.34. The van der Waals surface area contributed by atoms with Crippen LogP contribution in [-0.4, -0.2) is 49.6 Å². The molecule has 0 unspecified atom stereocenters. The van der Waals surface area contributed by atoms with Crippen LogP contribution in [0, 0.1) is 0 Å². The van der Waals surface area contributed by atoms with Gasteiger partial charge in [0.25, 0.3) is 11.8 Å². The number of amides is 2. The number of carbonyl (C=O) groups excluding carboxylic acids is 2. The van der Waals surface area contributed by atoms with Crippen molar-refractivity contribution in [2.75, 3.05) is 26.8 Å². The maximum absolute atomic E-state index is 12.8. The van der Waals surface area contributed by atoms with Crippen LogP contribution < -0.4 is 14.8 Å². The molecule has 1 aliphatic rings.